The molecule has 2 rings (SSSR count). The Morgan fingerprint density at radius 3 is 2.52 bits per heavy atom. The van der Waals surface area contributed by atoms with E-state index in [1.165, 1.54) is 13.2 Å². The van der Waals surface area contributed by atoms with Crippen LogP contribution in [0, 0.1) is 13.8 Å². The van der Waals surface area contributed by atoms with Crippen molar-refractivity contribution in [3.63, 3.8) is 0 Å². The summed E-state index contributed by atoms with van der Waals surface area (Å²) in [5.41, 5.74) is 2.60. The molecule has 0 spiro atoms. The predicted molar refractivity (Wildman–Crippen MR) is 113 cm³/mol. The second-order valence-electron chi connectivity index (χ2n) is 6.74. The summed E-state index contributed by atoms with van der Waals surface area (Å²) in [6.07, 6.45) is 3.02. The van der Waals surface area contributed by atoms with E-state index in [9.17, 15) is 9.59 Å². The zero-order valence-corrected chi connectivity index (χ0v) is 18.3. The van der Waals surface area contributed by atoms with Crippen LogP contribution in [0.15, 0.2) is 18.2 Å². The third kappa shape index (κ3) is 5.21. The van der Waals surface area contributed by atoms with E-state index in [4.69, 9.17) is 25.8 Å². The molecule has 0 aliphatic heterocycles. The molecule has 2 aromatic rings. The van der Waals surface area contributed by atoms with E-state index in [1.807, 2.05) is 13.8 Å². The highest BCUT2D eigenvalue weighted by Gasteiger charge is 2.21. The van der Waals surface area contributed by atoms with Gasteiger partial charge in [-0.05, 0) is 64.0 Å². The van der Waals surface area contributed by atoms with Crippen molar-refractivity contribution in [1.29, 1.82) is 0 Å². The number of aromatic nitrogens is 1. The van der Waals surface area contributed by atoms with Crippen LogP contribution in [0.2, 0.25) is 5.02 Å². The lowest BCUT2D eigenvalue weighted by Gasteiger charge is -2.15. The van der Waals surface area contributed by atoms with Gasteiger partial charge in [0.2, 0.25) is 0 Å². The number of H-pyrrole nitrogens is 1. The van der Waals surface area contributed by atoms with Gasteiger partial charge in [0.25, 0.3) is 0 Å². The van der Waals surface area contributed by atoms with E-state index < -0.39 is 5.97 Å². The molecule has 1 aromatic heterocycles. The van der Waals surface area contributed by atoms with E-state index in [-0.39, 0.29) is 18.5 Å². The number of carbonyl (C=O) groups excluding carboxylic acids is 2. The molecule has 0 saturated heterocycles. The molecule has 0 unspecified atom stereocenters. The maximum absolute atomic E-state index is 12.8. The lowest BCUT2D eigenvalue weighted by molar-refractivity contribution is 0.0519. The number of allylic oxidation sites excluding steroid dienone is 1. The van der Waals surface area contributed by atoms with Crippen molar-refractivity contribution < 1.29 is 23.8 Å². The smallest absolute Gasteiger partial charge is 0.355 e. The van der Waals surface area contributed by atoms with Gasteiger partial charge >= 0.3 is 5.97 Å². The number of ketones is 1. The second-order valence-corrected chi connectivity index (χ2v) is 7.15. The molecule has 7 heteroatoms. The molecule has 0 aliphatic carbocycles. The number of methoxy groups -OCH3 is 1. The highest BCUT2D eigenvalue weighted by atomic mass is 35.5. The third-order valence-corrected chi connectivity index (χ3v) is 4.48. The number of rotatable bonds is 8. The van der Waals surface area contributed by atoms with Gasteiger partial charge in [-0.3, -0.25) is 4.79 Å². The average molecular weight is 420 g/mol. The molecule has 0 saturated carbocycles. The number of hydrogen-bond acceptors (Lipinski definition) is 5. The zero-order chi connectivity index (χ0) is 21.7. The van der Waals surface area contributed by atoms with Crippen LogP contribution in [0.5, 0.6) is 11.5 Å². The van der Waals surface area contributed by atoms with E-state index in [0.29, 0.717) is 44.6 Å². The summed E-state index contributed by atoms with van der Waals surface area (Å²) in [7, 11) is 1.53. The summed E-state index contributed by atoms with van der Waals surface area (Å²) < 4.78 is 16.1. The Balaban J connectivity index is 2.32. The molecule has 1 heterocycles. The van der Waals surface area contributed by atoms with E-state index in [2.05, 4.69) is 4.98 Å². The van der Waals surface area contributed by atoms with Crippen LogP contribution in [-0.2, 0) is 4.74 Å². The normalized spacial score (nSPS) is 11.2. The lowest BCUT2D eigenvalue weighted by Crippen LogP contribution is -2.07. The first-order chi connectivity index (χ1) is 13.7. The van der Waals surface area contributed by atoms with Gasteiger partial charge in [-0.1, -0.05) is 17.7 Å². The Hall–Kier alpha value is -2.73. The minimum Gasteiger partial charge on any atom is -0.493 e. The van der Waals surface area contributed by atoms with Crippen molar-refractivity contribution in [2.75, 3.05) is 13.7 Å². The molecule has 1 aromatic carbocycles. The van der Waals surface area contributed by atoms with Crippen LogP contribution in [0.4, 0.5) is 0 Å². The molecular formula is C22H26ClNO5. The monoisotopic (exact) mass is 419 g/mol. The molecule has 0 amide bonds. The number of halogens is 1. The summed E-state index contributed by atoms with van der Waals surface area (Å²) in [5.74, 6) is 0.235. The molecule has 6 nitrogen and oxygen atoms in total. The molecule has 0 fully saturated rings. The molecule has 0 atom stereocenters. The Morgan fingerprint density at radius 2 is 1.93 bits per heavy atom. The number of benzene rings is 1. The minimum absolute atomic E-state index is 0.0579. The Kier molecular flexibility index (Phi) is 7.51. The predicted octanol–water partition coefficient (Wildman–Crippen LogP) is 5.15. The Bertz CT molecular complexity index is 943. The van der Waals surface area contributed by atoms with Crippen LogP contribution < -0.4 is 9.47 Å². The molecule has 29 heavy (non-hydrogen) atoms. The second kappa shape index (κ2) is 9.65. The Labute approximate surface area is 175 Å². The Morgan fingerprint density at radius 1 is 1.24 bits per heavy atom. The average Bonchev–Trinajstić information content (AvgIpc) is 2.95. The standard InChI is InChI=1S/C22H26ClNO5/c1-7-28-22(26)20-13(4)19(14(5)24-20)17(25)9-8-15-10-16(23)21(29-12(2)3)18(11-15)27-6/h8-12,24H,7H2,1-6H3/b9-8+. The summed E-state index contributed by atoms with van der Waals surface area (Å²) in [6, 6.07) is 3.45. The first-order valence-electron chi connectivity index (χ1n) is 9.32. The minimum atomic E-state index is -0.478. The molecule has 156 valence electrons. The topological polar surface area (TPSA) is 77.6 Å². The quantitative estimate of drug-likeness (QED) is 0.363. The van der Waals surface area contributed by atoms with Crippen molar-refractivity contribution in [1.82, 2.24) is 4.98 Å². The number of aryl methyl sites for hydroxylation is 1. The SMILES string of the molecule is CCOC(=O)c1[nH]c(C)c(C(=O)/C=C/c2cc(Cl)c(OC(C)C)c(OC)c2)c1C. The molecule has 0 aliphatic rings. The van der Waals surface area contributed by atoms with Crippen LogP contribution in [0.1, 0.15) is 58.4 Å². The van der Waals surface area contributed by atoms with Gasteiger partial charge in [0, 0.05) is 11.3 Å². The fraction of sp³-hybridized carbons (Fsp3) is 0.364. The van der Waals surface area contributed by atoms with Crippen LogP contribution >= 0.6 is 11.6 Å². The maximum Gasteiger partial charge on any atom is 0.355 e. The number of hydrogen-bond donors (Lipinski definition) is 1. The van der Waals surface area contributed by atoms with Crippen molar-refractivity contribution >= 4 is 29.4 Å². The van der Waals surface area contributed by atoms with E-state index in [1.54, 1.807) is 39.0 Å². The van der Waals surface area contributed by atoms with Crippen molar-refractivity contribution in [3.8, 4) is 11.5 Å². The summed E-state index contributed by atoms with van der Waals surface area (Å²) in [6.45, 7) is 9.25. The fourth-order valence-corrected chi connectivity index (χ4v) is 3.23. The van der Waals surface area contributed by atoms with Crippen molar-refractivity contribution in [2.24, 2.45) is 0 Å². The summed E-state index contributed by atoms with van der Waals surface area (Å²) in [5, 5.41) is 0.392. The first-order valence-corrected chi connectivity index (χ1v) is 9.70. The zero-order valence-electron chi connectivity index (χ0n) is 17.5. The number of aromatic amines is 1. The largest absolute Gasteiger partial charge is 0.493 e. The van der Waals surface area contributed by atoms with Crippen LogP contribution in [0.3, 0.4) is 0 Å². The van der Waals surface area contributed by atoms with Crippen LogP contribution in [-0.4, -0.2) is 36.6 Å². The van der Waals surface area contributed by atoms with Gasteiger partial charge in [-0.15, -0.1) is 0 Å². The number of esters is 1. The van der Waals surface area contributed by atoms with Gasteiger partial charge in [0.05, 0.1) is 24.8 Å². The molecular weight excluding hydrogens is 394 g/mol. The highest BCUT2D eigenvalue weighted by Crippen LogP contribution is 2.37. The molecule has 0 bridgehead atoms. The van der Waals surface area contributed by atoms with E-state index in [0.717, 1.165) is 0 Å². The lowest BCUT2D eigenvalue weighted by atomic mass is 10.0. The fourth-order valence-electron chi connectivity index (χ4n) is 2.97. The molecule has 1 N–H and O–H groups in total. The van der Waals surface area contributed by atoms with Gasteiger partial charge in [-0.25, -0.2) is 4.79 Å². The van der Waals surface area contributed by atoms with Gasteiger partial charge in [-0.2, -0.15) is 0 Å². The van der Waals surface area contributed by atoms with Gasteiger partial charge < -0.3 is 19.2 Å². The first kappa shape index (κ1) is 22.6. The highest BCUT2D eigenvalue weighted by molar-refractivity contribution is 6.32. The number of ether oxygens (including phenoxy) is 3. The third-order valence-electron chi connectivity index (χ3n) is 4.20. The molecule has 0 radical (unpaired) electrons. The van der Waals surface area contributed by atoms with Gasteiger partial charge in [0.15, 0.2) is 17.3 Å². The number of nitrogens with one attached hydrogen (secondary N) is 1. The van der Waals surface area contributed by atoms with E-state index >= 15 is 0 Å². The van der Waals surface area contributed by atoms with Crippen LogP contribution in [0.25, 0.3) is 6.08 Å². The van der Waals surface area contributed by atoms with Crippen molar-refractivity contribution in [3.05, 3.63) is 51.3 Å². The maximum atomic E-state index is 12.8. The van der Waals surface area contributed by atoms with Gasteiger partial charge in [0.1, 0.15) is 5.69 Å². The van der Waals surface area contributed by atoms with Crippen molar-refractivity contribution in [2.45, 2.75) is 40.7 Å². The number of carbonyl (C=O) groups is 2. The summed E-state index contributed by atoms with van der Waals surface area (Å²) in [4.78, 5) is 27.7. The summed E-state index contributed by atoms with van der Waals surface area (Å²) >= 11 is 6.33.